The molecule has 0 aliphatic rings. The van der Waals surface area contributed by atoms with E-state index in [1.165, 1.54) is 11.1 Å². The summed E-state index contributed by atoms with van der Waals surface area (Å²) in [6.45, 7) is 2.52. The van der Waals surface area contributed by atoms with Crippen LogP contribution in [0.1, 0.15) is 30.0 Å². The van der Waals surface area contributed by atoms with Crippen LogP contribution >= 0.6 is 0 Å². The highest BCUT2D eigenvalue weighted by molar-refractivity contribution is 5.75. The quantitative estimate of drug-likeness (QED) is 0.791. The highest BCUT2D eigenvalue weighted by Gasteiger charge is 2.02. The van der Waals surface area contributed by atoms with E-state index in [-0.39, 0.29) is 5.91 Å². The fourth-order valence-electron chi connectivity index (χ4n) is 2.02. The van der Waals surface area contributed by atoms with Crippen LogP contribution in [0.15, 0.2) is 54.6 Å². The fourth-order valence-corrected chi connectivity index (χ4v) is 2.02. The maximum Gasteiger partial charge on any atom is 0.243 e. The summed E-state index contributed by atoms with van der Waals surface area (Å²) in [5, 5.41) is 0. The zero-order chi connectivity index (χ0) is 14.9. The minimum Gasteiger partial charge on any atom is -0.273 e. The normalized spacial score (nSPS) is 10.3. The molecule has 3 heteroatoms. The molecule has 0 saturated heterocycles. The Hall–Kier alpha value is -2.13. The van der Waals surface area contributed by atoms with Crippen molar-refractivity contribution in [3.05, 3.63) is 71.3 Å². The molecule has 3 nitrogen and oxygen atoms in total. The average Bonchev–Trinajstić information content (AvgIpc) is 2.54. The fraction of sp³-hybridized carbons (Fsp3) is 0.278. The predicted octanol–water partition coefficient (Wildman–Crippen LogP) is 3.43. The topological polar surface area (TPSA) is 38.3 Å². The number of carbonyl (C=O) groups is 1. The van der Waals surface area contributed by atoms with Crippen LogP contribution < -0.4 is 5.48 Å². The smallest absolute Gasteiger partial charge is 0.243 e. The highest BCUT2D eigenvalue weighted by Crippen LogP contribution is 2.07. The molecule has 0 fully saturated rings. The van der Waals surface area contributed by atoms with Crippen molar-refractivity contribution in [3.63, 3.8) is 0 Å². The first-order valence-electron chi connectivity index (χ1n) is 7.30. The van der Waals surface area contributed by atoms with Gasteiger partial charge in [-0.3, -0.25) is 9.63 Å². The third kappa shape index (κ3) is 5.40. The van der Waals surface area contributed by atoms with E-state index in [2.05, 4.69) is 36.7 Å². The third-order valence-electron chi connectivity index (χ3n) is 3.34. The van der Waals surface area contributed by atoms with E-state index in [9.17, 15) is 4.79 Å². The first kappa shape index (κ1) is 15.3. The summed E-state index contributed by atoms with van der Waals surface area (Å²) in [7, 11) is 0. The molecule has 0 aromatic heterocycles. The Bertz CT molecular complexity index is 549. The van der Waals surface area contributed by atoms with Gasteiger partial charge in [-0.15, -0.1) is 0 Å². The monoisotopic (exact) mass is 283 g/mol. The second-order valence-electron chi connectivity index (χ2n) is 4.97. The van der Waals surface area contributed by atoms with Crippen LogP contribution in [0.5, 0.6) is 0 Å². The van der Waals surface area contributed by atoms with Gasteiger partial charge < -0.3 is 0 Å². The molecule has 1 N–H and O–H groups in total. The minimum absolute atomic E-state index is 0.0921. The van der Waals surface area contributed by atoms with Gasteiger partial charge in [0.1, 0.15) is 0 Å². The molecule has 1 amide bonds. The molecule has 0 bridgehead atoms. The number of aryl methyl sites for hydroxylation is 2. The molecule has 0 spiro atoms. The van der Waals surface area contributed by atoms with Gasteiger partial charge in [-0.25, -0.2) is 5.48 Å². The van der Waals surface area contributed by atoms with Crippen molar-refractivity contribution in [3.8, 4) is 0 Å². The summed E-state index contributed by atoms with van der Waals surface area (Å²) in [6.07, 6.45) is 2.19. The lowest BCUT2D eigenvalue weighted by Gasteiger charge is -2.06. The van der Waals surface area contributed by atoms with Crippen molar-refractivity contribution < 1.29 is 9.63 Å². The van der Waals surface area contributed by atoms with Crippen LogP contribution in [0, 0.1) is 0 Å². The maximum absolute atomic E-state index is 11.7. The zero-order valence-corrected chi connectivity index (χ0v) is 12.3. The Balaban J connectivity index is 1.67. The molecule has 0 heterocycles. The van der Waals surface area contributed by atoms with E-state index in [1.807, 2.05) is 30.3 Å². The lowest BCUT2D eigenvalue weighted by atomic mass is 10.1. The third-order valence-corrected chi connectivity index (χ3v) is 3.34. The van der Waals surface area contributed by atoms with Gasteiger partial charge in [0, 0.05) is 6.42 Å². The molecule has 2 aromatic rings. The minimum atomic E-state index is -0.0921. The summed E-state index contributed by atoms with van der Waals surface area (Å²) in [6, 6.07) is 18.1. The Morgan fingerprint density at radius 3 is 2.29 bits per heavy atom. The van der Waals surface area contributed by atoms with Crippen molar-refractivity contribution >= 4 is 5.91 Å². The van der Waals surface area contributed by atoms with Crippen LogP contribution in [-0.4, -0.2) is 5.91 Å². The first-order chi connectivity index (χ1) is 10.3. The van der Waals surface area contributed by atoms with Crippen molar-refractivity contribution in [1.29, 1.82) is 0 Å². The van der Waals surface area contributed by atoms with E-state index in [1.54, 1.807) is 0 Å². The molecule has 110 valence electrons. The Morgan fingerprint density at radius 2 is 1.62 bits per heavy atom. The van der Waals surface area contributed by atoms with E-state index >= 15 is 0 Å². The van der Waals surface area contributed by atoms with Gasteiger partial charge in [-0.2, -0.15) is 0 Å². The van der Waals surface area contributed by atoms with Crippen LogP contribution in [0.4, 0.5) is 0 Å². The number of hydroxylamine groups is 1. The largest absolute Gasteiger partial charge is 0.273 e. The molecule has 0 radical (unpaired) electrons. The van der Waals surface area contributed by atoms with Gasteiger partial charge in [0.05, 0.1) is 6.61 Å². The second kappa shape index (κ2) is 8.22. The van der Waals surface area contributed by atoms with E-state index in [4.69, 9.17) is 4.84 Å². The maximum atomic E-state index is 11.7. The molecule has 0 unspecified atom stereocenters. The van der Waals surface area contributed by atoms with E-state index in [0.717, 1.165) is 18.4 Å². The molecule has 0 aliphatic heterocycles. The van der Waals surface area contributed by atoms with E-state index in [0.29, 0.717) is 13.0 Å². The van der Waals surface area contributed by atoms with Gasteiger partial charge in [-0.05, 0) is 29.5 Å². The van der Waals surface area contributed by atoms with Crippen LogP contribution in [-0.2, 0) is 29.1 Å². The molecule has 2 aromatic carbocycles. The number of benzene rings is 2. The Morgan fingerprint density at radius 1 is 0.952 bits per heavy atom. The number of carbonyl (C=O) groups excluding carboxylic acids is 1. The molecule has 2 rings (SSSR count). The van der Waals surface area contributed by atoms with Gasteiger partial charge in [0.2, 0.25) is 5.91 Å². The number of rotatable bonds is 7. The van der Waals surface area contributed by atoms with Gasteiger partial charge in [-0.1, -0.05) is 61.5 Å². The SMILES string of the molecule is CCc1ccc(CCC(=O)NOCc2ccccc2)cc1. The second-order valence-corrected chi connectivity index (χ2v) is 4.97. The summed E-state index contributed by atoms with van der Waals surface area (Å²) in [5.41, 5.74) is 6.01. The van der Waals surface area contributed by atoms with Crippen molar-refractivity contribution in [2.24, 2.45) is 0 Å². The summed E-state index contributed by atoms with van der Waals surface area (Å²) in [4.78, 5) is 16.9. The summed E-state index contributed by atoms with van der Waals surface area (Å²) in [5.74, 6) is -0.0921. The average molecular weight is 283 g/mol. The van der Waals surface area contributed by atoms with Gasteiger partial charge >= 0.3 is 0 Å². The van der Waals surface area contributed by atoms with Crippen molar-refractivity contribution in [1.82, 2.24) is 5.48 Å². The summed E-state index contributed by atoms with van der Waals surface area (Å²) >= 11 is 0. The standard InChI is InChI=1S/C18H21NO2/c1-2-15-8-10-16(11-9-15)12-13-18(20)19-21-14-17-6-4-3-5-7-17/h3-11H,2,12-14H2,1H3,(H,19,20). The van der Waals surface area contributed by atoms with Crippen LogP contribution in [0.3, 0.4) is 0 Å². The molecule has 0 saturated carbocycles. The number of hydrogen-bond acceptors (Lipinski definition) is 2. The molecule has 0 atom stereocenters. The van der Waals surface area contributed by atoms with Crippen LogP contribution in [0.25, 0.3) is 0 Å². The molecule has 0 aliphatic carbocycles. The summed E-state index contributed by atoms with van der Waals surface area (Å²) < 4.78 is 0. The lowest BCUT2D eigenvalue weighted by molar-refractivity contribution is -0.134. The Labute approximate surface area is 125 Å². The predicted molar refractivity (Wildman–Crippen MR) is 83.5 cm³/mol. The Kier molecular flexibility index (Phi) is 5.98. The van der Waals surface area contributed by atoms with Crippen molar-refractivity contribution in [2.75, 3.05) is 0 Å². The van der Waals surface area contributed by atoms with Crippen molar-refractivity contribution in [2.45, 2.75) is 32.8 Å². The number of nitrogens with one attached hydrogen (secondary N) is 1. The first-order valence-corrected chi connectivity index (χ1v) is 7.30. The zero-order valence-electron chi connectivity index (χ0n) is 12.3. The highest BCUT2D eigenvalue weighted by atomic mass is 16.6. The molecular weight excluding hydrogens is 262 g/mol. The molecular formula is C18H21NO2. The molecule has 21 heavy (non-hydrogen) atoms. The lowest BCUT2D eigenvalue weighted by Crippen LogP contribution is -2.23. The van der Waals surface area contributed by atoms with Crippen LogP contribution in [0.2, 0.25) is 0 Å². The van der Waals surface area contributed by atoms with Gasteiger partial charge in [0.25, 0.3) is 0 Å². The van der Waals surface area contributed by atoms with Gasteiger partial charge in [0.15, 0.2) is 0 Å². The number of amides is 1. The number of hydrogen-bond donors (Lipinski definition) is 1. The van der Waals surface area contributed by atoms with E-state index < -0.39 is 0 Å².